The molecule has 0 rings (SSSR count). The van der Waals surface area contributed by atoms with Crippen LogP contribution in [0, 0.1) is 0 Å². The van der Waals surface area contributed by atoms with Crippen molar-refractivity contribution >= 4 is 5.91 Å². The van der Waals surface area contributed by atoms with Crippen molar-refractivity contribution in [2.75, 3.05) is 33.2 Å². The van der Waals surface area contributed by atoms with Gasteiger partial charge in [0.1, 0.15) is 0 Å². The first-order valence-corrected chi connectivity index (χ1v) is 5.74. The number of nitrogens with one attached hydrogen (secondary N) is 2. The van der Waals surface area contributed by atoms with Crippen molar-refractivity contribution in [3.05, 3.63) is 0 Å². The highest BCUT2D eigenvalue weighted by molar-refractivity contribution is 5.76. The van der Waals surface area contributed by atoms with Crippen molar-refractivity contribution < 1.29 is 4.79 Å². The summed E-state index contributed by atoms with van der Waals surface area (Å²) in [5, 5.41) is 6.12. The number of amides is 1. The summed E-state index contributed by atoms with van der Waals surface area (Å²) >= 11 is 0. The third kappa shape index (κ3) is 9.69. The van der Waals surface area contributed by atoms with Crippen LogP contribution in [0.1, 0.15) is 27.2 Å². The Kier molecular flexibility index (Phi) is 8.33. The zero-order chi connectivity index (χ0) is 11.7. The van der Waals surface area contributed by atoms with E-state index in [1.54, 1.807) is 0 Å². The summed E-state index contributed by atoms with van der Waals surface area (Å²) in [5.41, 5.74) is 0. The first-order valence-electron chi connectivity index (χ1n) is 5.74. The Morgan fingerprint density at radius 2 is 2.00 bits per heavy atom. The minimum Gasteiger partial charge on any atom is -0.355 e. The molecule has 0 aliphatic carbocycles. The zero-order valence-corrected chi connectivity index (χ0v) is 10.5. The molecular formula is C11H25N3O. The maximum absolute atomic E-state index is 11.3. The second kappa shape index (κ2) is 8.68. The Hall–Kier alpha value is -0.610. The fourth-order valence-electron chi connectivity index (χ4n) is 1.11. The van der Waals surface area contributed by atoms with Gasteiger partial charge in [-0.15, -0.1) is 0 Å². The van der Waals surface area contributed by atoms with Gasteiger partial charge in [-0.1, -0.05) is 20.8 Å². The third-order valence-corrected chi connectivity index (χ3v) is 2.26. The van der Waals surface area contributed by atoms with E-state index >= 15 is 0 Å². The van der Waals surface area contributed by atoms with E-state index in [1.807, 2.05) is 7.05 Å². The van der Waals surface area contributed by atoms with Crippen LogP contribution in [-0.2, 0) is 4.79 Å². The van der Waals surface area contributed by atoms with E-state index < -0.39 is 0 Å². The second-order valence-corrected chi connectivity index (χ2v) is 4.10. The number of hydrogen-bond donors (Lipinski definition) is 2. The van der Waals surface area contributed by atoms with Crippen molar-refractivity contribution in [2.24, 2.45) is 0 Å². The monoisotopic (exact) mass is 215 g/mol. The SMILES string of the molecule is CCN(C)CCNC(=O)CCNC(C)C. The lowest BCUT2D eigenvalue weighted by molar-refractivity contribution is -0.121. The van der Waals surface area contributed by atoms with E-state index in [9.17, 15) is 4.79 Å². The summed E-state index contributed by atoms with van der Waals surface area (Å²) in [7, 11) is 2.05. The van der Waals surface area contributed by atoms with Crippen LogP contribution in [0.4, 0.5) is 0 Å². The van der Waals surface area contributed by atoms with E-state index in [0.29, 0.717) is 12.5 Å². The number of rotatable bonds is 8. The van der Waals surface area contributed by atoms with Crippen molar-refractivity contribution in [1.82, 2.24) is 15.5 Å². The average Bonchev–Trinajstić information content (AvgIpc) is 2.17. The minimum atomic E-state index is 0.132. The highest BCUT2D eigenvalue weighted by Gasteiger charge is 2.01. The van der Waals surface area contributed by atoms with Crippen LogP contribution in [-0.4, -0.2) is 50.1 Å². The highest BCUT2D eigenvalue weighted by atomic mass is 16.1. The lowest BCUT2D eigenvalue weighted by Crippen LogP contribution is -2.35. The van der Waals surface area contributed by atoms with E-state index in [0.717, 1.165) is 26.2 Å². The smallest absolute Gasteiger partial charge is 0.221 e. The van der Waals surface area contributed by atoms with Crippen LogP contribution < -0.4 is 10.6 Å². The first-order chi connectivity index (χ1) is 7.06. The maximum atomic E-state index is 11.3. The number of nitrogens with zero attached hydrogens (tertiary/aromatic N) is 1. The van der Waals surface area contributed by atoms with Gasteiger partial charge in [-0.3, -0.25) is 4.79 Å². The Bertz CT molecular complexity index is 171. The molecule has 90 valence electrons. The molecule has 0 atom stereocenters. The summed E-state index contributed by atoms with van der Waals surface area (Å²) in [6.07, 6.45) is 0.564. The van der Waals surface area contributed by atoms with E-state index in [1.165, 1.54) is 0 Å². The van der Waals surface area contributed by atoms with Gasteiger partial charge in [0.05, 0.1) is 0 Å². The predicted octanol–water partition coefficient (Wildman–Crippen LogP) is 0.442. The number of hydrogen-bond acceptors (Lipinski definition) is 3. The predicted molar refractivity (Wildman–Crippen MR) is 63.9 cm³/mol. The molecule has 0 spiro atoms. The summed E-state index contributed by atoms with van der Waals surface area (Å²) < 4.78 is 0. The molecule has 0 bridgehead atoms. The van der Waals surface area contributed by atoms with Gasteiger partial charge in [0.2, 0.25) is 5.91 Å². The molecule has 0 aromatic carbocycles. The Morgan fingerprint density at radius 3 is 2.53 bits per heavy atom. The van der Waals surface area contributed by atoms with Gasteiger partial charge in [0.15, 0.2) is 0 Å². The van der Waals surface area contributed by atoms with Gasteiger partial charge < -0.3 is 15.5 Å². The lowest BCUT2D eigenvalue weighted by atomic mass is 10.3. The molecule has 1 amide bonds. The molecule has 0 radical (unpaired) electrons. The first kappa shape index (κ1) is 14.4. The molecule has 0 aromatic heterocycles. The summed E-state index contributed by atoms with van der Waals surface area (Å²) in [6, 6.07) is 0.448. The van der Waals surface area contributed by atoms with Gasteiger partial charge in [0, 0.05) is 32.1 Å². The molecule has 2 N–H and O–H groups in total. The van der Waals surface area contributed by atoms with E-state index in [-0.39, 0.29) is 5.91 Å². The molecule has 0 unspecified atom stereocenters. The standard InChI is InChI=1S/C11H25N3O/c1-5-14(4)9-8-13-11(15)6-7-12-10(2)3/h10,12H,5-9H2,1-4H3,(H,13,15). The van der Waals surface area contributed by atoms with Crippen LogP contribution in [0.3, 0.4) is 0 Å². The zero-order valence-electron chi connectivity index (χ0n) is 10.5. The average molecular weight is 215 g/mol. The van der Waals surface area contributed by atoms with Crippen LogP contribution in [0.25, 0.3) is 0 Å². The molecule has 0 aromatic rings. The van der Waals surface area contributed by atoms with Gasteiger partial charge in [0.25, 0.3) is 0 Å². The van der Waals surface area contributed by atoms with Crippen molar-refractivity contribution in [1.29, 1.82) is 0 Å². The van der Waals surface area contributed by atoms with Gasteiger partial charge in [-0.25, -0.2) is 0 Å². The molecule has 0 saturated carbocycles. The minimum absolute atomic E-state index is 0.132. The molecule has 0 aliphatic rings. The molecular weight excluding hydrogens is 190 g/mol. The van der Waals surface area contributed by atoms with Crippen molar-refractivity contribution in [3.8, 4) is 0 Å². The molecule has 0 saturated heterocycles. The second-order valence-electron chi connectivity index (χ2n) is 4.10. The maximum Gasteiger partial charge on any atom is 0.221 e. The van der Waals surface area contributed by atoms with Gasteiger partial charge in [-0.2, -0.15) is 0 Å². The normalized spacial score (nSPS) is 11.1. The van der Waals surface area contributed by atoms with Gasteiger partial charge in [-0.05, 0) is 13.6 Å². The van der Waals surface area contributed by atoms with Crippen molar-refractivity contribution in [3.63, 3.8) is 0 Å². The van der Waals surface area contributed by atoms with Crippen LogP contribution in [0.5, 0.6) is 0 Å². The number of carbonyl (C=O) groups excluding carboxylic acids is 1. The lowest BCUT2D eigenvalue weighted by Gasteiger charge is -2.14. The largest absolute Gasteiger partial charge is 0.355 e. The Balaban J connectivity index is 3.33. The summed E-state index contributed by atoms with van der Waals surface area (Å²) in [4.78, 5) is 13.5. The Morgan fingerprint density at radius 1 is 1.33 bits per heavy atom. The topological polar surface area (TPSA) is 44.4 Å². The highest BCUT2D eigenvalue weighted by Crippen LogP contribution is 1.82. The van der Waals surface area contributed by atoms with E-state index in [2.05, 4.69) is 36.3 Å². The molecule has 4 nitrogen and oxygen atoms in total. The molecule has 0 heterocycles. The molecule has 4 heteroatoms. The van der Waals surface area contributed by atoms with Gasteiger partial charge >= 0.3 is 0 Å². The third-order valence-electron chi connectivity index (χ3n) is 2.26. The van der Waals surface area contributed by atoms with Crippen LogP contribution >= 0.6 is 0 Å². The number of likely N-dealkylation sites (N-methyl/N-ethyl adjacent to an activating group) is 1. The van der Waals surface area contributed by atoms with Crippen molar-refractivity contribution in [2.45, 2.75) is 33.2 Å². The summed E-state index contributed by atoms with van der Waals surface area (Å²) in [5.74, 6) is 0.132. The fraction of sp³-hybridized carbons (Fsp3) is 0.909. The van der Waals surface area contributed by atoms with Crippen LogP contribution in [0.2, 0.25) is 0 Å². The number of carbonyl (C=O) groups is 1. The summed E-state index contributed by atoms with van der Waals surface area (Å²) in [6.45, 7) is 9.69. The molecule has 0 aliphatic heterocycles. The Labute approximate surface area is 93.4 Å². The quantitative estimate of drug-likeness (QED) is 0.617. The molecule has 0 fully saturated rings. The van der Waals surface area contributed by atoms with Crippen LogP contribution in [0.15, 0.2) is 0 Å². The molecule has 15 heavy (non-hydrogen) atoms. The van der Waals surface area contributed by atoms with E-state index in [4.69, 9.17) is 0 Å². The fourth-order valence-corrected chi connectivity index (χ4v) is 1.11.